The minimum Gasteiger partial charge on any atom is -0.0761 e. The third-order valence-electron chi connectivity index (χ3n) is 12.5. The maximum absolute atomic E-state index is 2.51. The van der Waals surface area contributed by atoms with Gasteiger partial charge in [-0.25, -0.2) is 0 Å². The summed E-state index contributed by atoms with van der Waals surface area (Å²) in [6.45, 7) is 4.72. The molecule has 0 fully saturated rings. The summed E-state index contributed by atoms with van der Waals surface area (Å²) in [7, 11) is 0. The van der Waals surface area contributed by atoms with Gasteiger partial charge >= 0.3 is 0 Å². The van der Waals surface area contributed by atoms with Crippen molar-refractivity contribution in [1.82, 2.24) is 0 Å². The first kappa shape index (κ1) is 29.1. The molecule has 4 atom stereocenters. The van der Waals surface area contributed by atoms with Crippen molar-refractivity contribution in [2.75, 3.05) is 0 Å². The molecule has 0 nitrogen and oxygen atoms in total. The minimum absolute atomic E-state index is 0.00572. The van der Waals surface area contributed by atoms with Crippen molar-refractivity contribution in [2.24, 2.45) is 11.8 Å². The van der Waals surface area contributed by atoms with Gasteiger partial charge in [-0.3, -0.25) is 0 Å². The van der Waals surface area contributed by atoms with E-state index in [-0.39, 0.29) is 5.41 Å². The summed E-state index contributed by atoms with van der Waals surface area (Å²) in [6.07, 6.45) is 23.7. The highest BCUT2D eigenvalue weighted by atomic mass is 14.4. The molecule has 0 spiro atoms. The van der Waals surface area contributed by atoms with E-state index in [0.29, 0.717) is 23.7 Å². The van der Waals surface area contributed by atoms with Crippen molar-refractivity contribution in [3.05, 3.63) is 203 Å². The topological polar surface area (TPSA) is 0 Å². The molecule has 11 rings (SSSR count). The number of benzene rings is 6. The van der Waals surface area contributed by atoms with Crippen molar-refractivity contribution < 1.29 is 0 Å². The van der Waals surface area contributed by atoms with Gasteiger partial charge in [0.1, 0.15) is 0 Å². The molecule has 242 valence electrons. The Kier molecular flexibility index (Phi) is 6.06. The standard InChI is InChI=1S/C51H38/c1-51(2)48-13-6-5-10-43(48)44-23-22-36(30-49(44)51)35-20-16-31-14-18-33(26-38(31)28-35)34-19-15-32-17-21-37(29-39(32)27-34)40-24-25-47-42-9-4-3-8-41(42)46-12-7-11-45(40)50(46)47/h3-30,32,39,41-42H,1-2H3. The molecule has 0 bridgehead atoms. The van der Waals surface area contributed by atoms with Crippen molar-refractivity contribution in [3.63, 3.8) is 0 Å². The van der Waals surface area contributed by atoms with Gasteiger partial charge in [0.2, 0.25) is 0 Å². The highest BCUT2D eigenvalue weighted by Gasteiger charge is 2.36. The maximum atomic E-state index is 2.51. The van der Waals surface area contributed by atoms with E-state index in [4.69, 9.17) is 0 Å². The second-order valence-corrected chi connectivity index (χ2v) is 15.6. The van der Waals surface area contributed by atoms with Crippen molar-refractivity contribution in [1.29, 1.82) is 0 Å². The maximum Gasteiger partial charge on any atom is 0.0159 e. The summed E-state index contributed by atoms with van der Waals surface area (Å²) in [4.78, 5) is 0. The van der Waals surface area contributed by atoms with Gasteiger partial charge in [-0.05, 0) is 107 Å². The summed E-state index contributed by atoms with van der Waals surface area (Å²) in [5.41, 5.74) is 16.3. The number of fused-ring (bicyclic) bond motifs is 8. The molecule has 0 heteroatoms. The number of hydrogen-bond acceptors (Lipinski definition) is 0. The Morgan fingerprint density at radius 1 is 0.471 bits per heavy atom. The van der Waals surface area contributed by atoms with E-state index in [1.54, 1.807) is 0 Å². The van der Waals surface area contributed by atoms with Crippen LogP contribution in [-0.4, -0.2) is 0 Å². The summed E-state index contributed by atoms with van der Waals surface area (Å²) >= 11 is 0. The summed E-state index contributed by atoms with van der Waals surface area (Å²) < 4.78 is 0. The van der Waals surface area contributed by atoms with Crippen LogP contribution in [0.2, 0.25) is 0 Å². The molecule has 0 saturated heterocycles. The normalized spacial score (nSPS) is 22.8. The van der Waals surface area contributed by atoms with Gasteiger partial charge in [0.25, 0.3) is 0 Å². The third-order valence-corrected chi connectivity index (χ3v) is 12.5. The Morgan fingerprint density at radius 3 is 2.00 bits per heavy atom. The molecule has 5 aliphatic carbocycles. The van der Waals surface area contributed by atoms with Crippen LogP contribution in [-0.2, 0) is 5.41 Å². The first-order valence-corrected chi connectivity index (χ1v) is 18.5. The van der Waals surface area contributed by atoms with Crippen LogP contribution in [0.15, 0.2) is 170 Å². The van der Waals surface area contributed by atoms with Crippen molar-refractivity contribution >= 4 is 32.7 Å². The Balaban J connectivity index is 0.934. The van der Waals surface area contributed by atoms with E-state index in [2.05, 4.69) is 184 Å². The molecule has 0 heterocycles. The Labute approximate surface area is 300 Å². The largest absolute Gasteiger partial charge is 0.0761 e. The molecule has 5 aliphatic rings. The lowest BCUT2D eigenvalue weighted by atomic mass is 9.78. The number of allylic oxidation sites excluding steroid dienone is 12. The lowest BCUT2D eigenvalue weighted by Gasteiger charge is -2.26. The van der Waals surface area contributed by atoms with Crippen LogP contribution in [0.4, 0.5) is 0 Å². The van der Waals surface area contributed by atoms with E-state index in [9.17, 15) is 0 Å². The van der Waals surface area contributed by atoms with E-state index in [1.165, 1.54) is 88.3 Å². The minimum atomic E-state index is -0.00572. The van der Waals surface area contributed by atoms with Crippen LogP contribution in [0.1, 0.15) is 59.1 Å². The quantitative estimate of drug-likeness (QED) is 0.179. The van der Waals surface area contributed by atoms with E-state index in [0.717, 1.165) is 0 Å². The summed E-state index contributed by atoms with van der Waals surface area (Å²) in [5, 5.41) is 5.40. The zero-order valence-corrected chi connectivity index (χ0v) is 29.0. The molecule has 6 aromatic rings. The fraction of sp³-hybridized carbons (Fsp3) is 0.137. The summed E-state index contributed by atoms with van der Waals surface area (Å²) in [6, 6.07) is 41.5. The van der Waals surface area contributed by atoms with Crippen molar-refractivity contribution in [2.45, 2.75) is 31.1 Å². The molecular weight excluding hydrogens is 613 g/mol. The van der Waals surface area contributed by atoms with Gasteiger partial charge in [-0.2, -0.15) is 0 Å². The van der Waals surface area contributed by atoms with Crippen LogP contribution >= 0.6 is 0 Å². The lowest BCUT2D eigenvalue weighted by Crippen LogP contribution is -2.14. The fourth-order valence-electron chi connectivity index (χ4n) is 9.88. The smallest absolute Gasteiger partial charge is 0.0159 e. The Hall–Kier alpha value is -5.72. The second kappa shape index (κ2) is 10.6. The van der Waals surface area contributed by atoms with E-state index < -0.39 is 0 Å². The highest BCUT2D eigenvalue weighted by molar-refractivity contribution is 6.02. The van der Waals surface area contributed by atoms with Crippen LogP contribution in [0.25, 0.3) is 54.9 Å². The molecule has 0 aliphatic heterocycles. The van der Waals surface area contributed by atoms with Crippen LogP contribution in [0.5, 0.6) is 0 Å². The SMILES string of the molecule is CC1(C)c2ccccc2-c2ccc(-c3ccc4ccc(C5=CC6C=C(c7ccc8c9c(cccc79)C7C=CC=CC87)C=CC6C=C5)cc4c3)cc21. The molecule has 0 saturated carbocycles. The average Bonchev–Trinajstić information content (AvgIpc) is 3.63. The molecular formula is C51H38. The van der Waals surface area contributed by atoms with Gasteiger partial charge < -0.3 is 0 Å². The van der Waals surface area contributed by atoms with Gasteiger partial charge in [0.05, 0.1) is 0 Å². The molecule has 4 unspecified atom stereocenters. The Bertz CT molecular complexity index is 2660. The van der Waals surface area contributed by atoms with Crippen molar-refractivity contribution in [3.8, 4) is 22.3 Å². The van der Waals surface area contributed by atoms with Crippen LogP contribution in [0.3, 0.4) is 0 Å². The van der Waals surface area contributed by atoms with Gasteiger partial charge in [-0.15, -0.1) is 0 Å². The van der Waals surface area contributed by atoms with Gasteiger partial charge in [-0.1, -0.05) is 166 Å². The molecule has 6 aromatic carbocycles. The fourth-order valence-corrected chi connectivity index (χ4v) is 9.88. The monoisotopic (exact) mass is 650 g/mol. The lowest BCUT2D eigenvalue weighted by molar-refractivity contribution is 0.660. The predicted molar refractivity (Wildman–Crippen MR) is 216 cm³/mol. The van der Waals surface area contributed by atoms with Crippen LogP contribution < -0.4 is 0 Å². The summed E-state index contributed by atoms with van der Waals surface area (Å²) in [5.74, 6) is 1.61. The van der Waals surface area contributed by atoms with E-state index >= 15 is 0 Å². The number of rotatable bonds is 3. The second-order valence-electron chi connectivity index (χ2n) is 15.6. The van der Waals surface area contributed by atoms with Gasteiger partial charge in [0, 0.05) is 29.1 Å². The van der Waals surface area contributed by atoms with Crippen LogP contribution in [0, 0.1) is 11.8 Å². The molecule has 0 N–H and O–H groups in total. The molecule has 51 heavy (non-hydrogen) atoms. The first-order valence-electron chi connectivity index (χ1n) is 18.5. The molecule has 0 aromatic heterocycles. The Morgan fingerprint density at radius 2 is 1.14 bits per heavy atom. The molecule has 0 amide bonds. The zero-order valence-electron chi connectivity index (χ0n) is 29.0. The van der Waals surface area contributed by atoms with Gasteiger partial charge in [0.15, 0.2) is 0 Å². The third kappa shape index (κ3) is 4.26. The average molecular weight is 651 g/mol. The molecule has 0 radical (unpaired) electrons. The highest BCUT2D eigenvalue weighted by Crippen LogP contribution is 2.52. The zero-order chi connectivity index (χ0) is 33.8. The first-order chi connectivity index (χ1) is 25.0. The predicted octanol–water partition coefficient (Wildman–Crippen LogP) is 13.1. The number of hydrogen-bond donors (Lipinski definition) is 0. The van der Waals surface area contributed by atoms with E-state index in [1.807, 2.05) is 0 Å².